The molecule has 3 rings (SSSR count). The molecule has 0 radical (unpaired) electrons. The topological polar surface area (TPSA) is 85.2 Å². The van der Waals surface area contributed by atoms with E-state index in [0.29, 0.717) is 12.4 Å². The summed E-state index contributed by atoms with van der Waals surface area (Å²) in [6.45, 7) is 0.675. The number of carbonyl (C=O) groups excluding carboxylic acids is 1. The van der Waals surface area contributed by atoms with E-state index in [0.717, 1.165) is 17.7 Å². The minimum absolute atomic E-state index is 0.222. The van der Waals surface area contributed by atoms with Gasteiger partial charge in [0.15, 0.2) is 0 Å². The number of hydrogen-bond donors (Lipinski definition) is 2. The van der Waals surface area contributed by atoms with Gasteiger partial charge in [-0.3, -0.25) is 4.79 Å². The number of nitrogen functional groups attached to an aromatic ring is 1. The Morgan fingerprint density at radius 2 is 2.15 bits per heavy atom. The second-order valence-electron chi connectivity index (χ2n) is 4.67. The number of fused-ring (bicyclic) bond motifs is 1. The lowest BCUT2D eigenvalue weighted by molar-refractivity contribution is 0.100. The molecule has 20 heavy (non-hydrogen) atoms. The molecule has 102 valence electrons. The first-order valence-corrected chi connectivity index (χ1v) is 6.17. The SMILES string of the molecule is NC(=O)c1cc(N2CCc3ccc(F)cc32)ncc1N. The van der Waals surface area contributed by atoms with E-state index in [4.69, 9.17) is 11.5 Å². The Labute approximate surface area is 115 Å². The molecule has 0 atom stereocenters. The molecular formula is C14H13FN4O. The van der Waals surface area contributed by atoms with Crippen LogP contribution >= 0.6 is 0 Å². The zero-order valence-corrected chi connectivity index (χ0v) is 10.6. The Balaban J connectivity index is 2.06. The van der Waals surface area contributed by atoms with Crippen molar-refractivity contribution >= 4 is 23.1 Å². The molecule has 1 aromatic carbocycles. The number of nitrogens with zero attached hydrogens (tertiary/aromatic N) is 2. The molecule has 0 fully saturated rings. The number of rotatable bonds is 2. The van der Waals surface area contributed by atoms with E-state index >= 15 is 0 Å². The summed E-state index contributed by atoms with van der Waals surface area (Å²) in [5.41, 5.74) is 13.2. The van der Waals surface area contributed by atoms with Gasteiger partial charge in [-0.05, 0) is 30.2 Å². The summed E-state index contributed by atoms with van der Waals surface area (Å²) in [4.78, 5) is 17.4. The number of benzene rings is 1. The van der Waals surface area contributed by atoms with Crippen molar-refractivity contribution in [3.8, 4) is 0 Å². The summed E-state index contributed by atoms with van der Waals surface area (Å²) < 4.78 is 13.4. The number of aromatic nitrogens is 1. The fourth-order valence-corrected chi connectivity index (χ4v) is 2.41. The highest BCUT2D eigenvalue weighted by Gasteiger charge is 2.23. The molecular weight excluding hydrogens is 259 g/mol. The maximum absolute atomic E-state index is 13.4. The van der Waals surface area contributed by atoms with Crippen LogP contribution in [0.2, 0.25) is 0 Å². The highest BCUT2D eigenvalue weighted by Crippen LogP contribution is 2.34. The largest absolute Gasteiger partial charge is 0.397 e. The third kappa shape index (κ3) is 1.95. The van der Waals surface area contributed by atoms with Gasteiger partial charge in [0, 0.05) is 12.2 Å². The fourth-order valence-electron chi connectivity index (χ4n) is 2.41. The van der Waals surface area contributed by atoms with Crippen LogP contribution in [0, 0.1) is 5.82 Å². The Bertz CT molecular complexity index is 702. The number of primary amides is 1. The third-order valence-electron chi connectivity index (χ3n) is 3.41. The van der Waals surface area contributed by atoms with E-state index in [1.165, 1.54) is 24.4 Å². The van der Waals surface area contributed by atoms with Gasteiger partial charge in [-0.15, -0.1) is 0 Å². The van der Waals surface area contributed by atoms with Crippen LogP contribution in [0.4, 0.5) is 21.6 Å². The van der Waals surface area contributed by atoms with Crippen LogP contribution in [0.25, 0.3) is 0 Å². The summed E-state index contributed by atoms with van der Waals surface area (Å²) >= 11 is 0. The van der Waals surface area contributed by atoms with E-state index < -0.39 is 5.91 Å². The average Bonchev–Trinajstić information content (AvgIpc) is 2.82. The molecule has 0 saturated carbocycles. The van der Waals surface area contributed by atoms with Gasteiger partial charge in [0.25, 0.3) is 5.91 Å². The highest BCUT2D eigenvalue weighted by atomic mass is 19.1. The molecule has 0 saturated heterocycles. The summed E-state index contributed by atoms with van der Waals surface area (Å²) in [6.07, 6.45) is 2.19. The van der Waals surface area contributed by atoms with Gasteiger partial charge in [-0.1, -0.05) is 6.07 Å². The minimum Gasteiger partial charge on any atom is -0.397 e. The second-order valence-corrected chi connectivity index (χ2v) is 4.67. The van der Waals surface area contributed by atoms with Crippen LogP contribution < -0.4 is 16.4 Å². The van der Waals surface area contributed by atoms with Gasteiger partial charge < -0.3 is 16.4 Å². The zero-order valence-electron chi connectivity index (χ0n) is 10.6. The molecule has 6 heteroatoms. The molecule has 2 aromatic rings. The second kappa shape index (κ2) is 4.48. The molecule has 0 spiro atoms. The maximum atomic E-state index is 13.4. The van der Waals surface area contributed by atoms with Crippen molar-refractivity contribution in [3.05, 3.63) is 47.4 Å². The molecule has 4 N–H and O–H groups in total. The van der Waals surface area contributed by atoms with Crippen LogP contribution in [0.1, 0.15) is 15.9 Å². The molecule has 2 heterocycles. The Morgan fingerprint density at radius 3 is 2.90 bits per heavy atom. The summed E-state index contributed by atoms with van der Waals surface area (Å²) in [6, 6.07) is 6.20. The molecule has 1 aliphatic rings. The molecule has 1 aliphatic heterocycles. The predicted molar refractivity (Wildman–Crippen MR) is 74.3 cm³/mol. The molecule has 0 aliphatic carbocycles. The molecule has 5 nitrogen and oxygen atoms in total. The highest BCUT2D eigenvalue weighted by molar-refractivity contribution is 5.98. The quantitative estimate of drug-likeness (QED) is 0.869. The van der Waals surface area contributed by atoms with Gasteiger partial charge in [0.1, 0.15) is 11.6 Å². The normalized spacial score (nSPS) is 13.3. The smallest absolute Gasteiger partial charge is 0.250 e. The Hall–Kier alpha value is -2.63. The predicted octanol–water partition coefficient (Wildman–Crippen LogP) is 1.60. The van der Waals surface area contributed by atoms with Crippen molar-refractivity contribution in [1.82, 2.24) is 4.98 Å². The number of halogens is 1. The van der Waals surface area contributed by atoms with Gasteiger partial charge in [0.2, 0.25) is 0 Å². The van der Waals surface area contributed by atoms with Crippen LogP contribution in [-0.2, 0) is 6.42 Å². The number of amides is 1. The Morgan fingerprint density at radius 1 is 1.35 bits per heavy atom. The van der Waals surface area contributed by atoms with E-state index in [1.807, 2.05) is 4.90 Å². The number of carbonyl (C=O) groups is 1. The molecule has 1 amide bonds. The monoisotopic (exact) mass is 272 g/mol. The lowest BCUT2D eigenvalue weighted by Crippen LogP contribution is -2.18. The molecule has 1 aromatic heterocycles. The van der Waals surface area contributed by atoms with Crippen molar-refractivity contribution in [2.24, 2.45) is 5.73 Å². The average molecular weight is 272 g/mol. The van der Waals surface area contributed by atoms with Crippen molar-refractivity contribution < 1.29 is 9.18 Å². The van der Waals surface area contributed by atoms with Crippen molar-refractivity contribution in [2.45, 2.75) is 6.42 Å². The zero-order chi connectivity index (χ0) is 14.3. The van der Waals surface area contributed by atoms with Crippen molar-refractivity contribution in [3.63, 3.8) is 0 Å². The summed E-state index contributed by atoms with van der Waals surface area (Å²) in [7, 11) is 0. The summed E-state index contributed by atoms with van der Waals surface area (Å²) in [5.74, 6) is -0.372. The van der Waals surface area contributed by atoms with Gasteiger partial charge in [-0.25, -0.2) is 9.37 Å². The molecule has 0 bridgehead atoms. The van der Waals surface area contributed by atoms with E-state index in [9.17, 15) is 9.18 Å². The van der Waals surface area contributed by atoms with Crippen molar-refractivity contribution in [1.29, 1.82) is 0 Å². The summed E-state index contributed by atoms with van der Waals surface area (Å²) in [5, 5.41) is 0. The third-order valence-corrected chi connectivity index (χ3v) is 3.41. The van der Waals surface area contributed by atoms with E-state index in [1.54, 1.807) is 6.07 Å². The Kier molecular flexibility index (Phi) is 2.78. The van der Waals surface area contributed by atoms with Crippen molar-refractivity contribution in [2.75, 3.05) is 17.2 Å². The first-order chi connectivity index (χ1) is 9.56. The van der Waals surface area contributed by atoms with Crippen LogP contribution in [0.3, 0.4) is 0 Å². The van der Waals surface area contributed by atoms with E-state index in [-0.39, 0.29) is 17.1 Å². The number of anilines is 3. The first kappa shape index (κ1) is 12.4. The lowest BCUT2D eigenvalue weighted by atomic mass is 10.1. The number of pyridine rings is 1. The lowest BCUT2D eigenvalue weighted by Gasteiger charge is -2.19. The van der Waals surface area contributed by atoms with Gasteiger partial charge in [-0.2, -0.15) is 0 Å². The maximum Gasteiger partial charge on any atom is 0.250 e. The van der Waals surface area contributed by atoms with E-state index in [2.05, 4.69) is 4.98 Å². The first-order valence-electron chi connectivity index (χ1n) is 6.17. The van der Waals surface area contributed by atoms with Crippen LogP contribution in [0.15, 0.2) is 30.5 Å². The van der Waals surface area contributed by atoms with Gasteiger partial charge >= 0.3 is 0 Å². The van der Waals surface area contributed by atoms with Crippen LogP contribution in [0.5, 0.6) is 0 Å². The minimum atomic E-state index is -0.607. The number of nitrogens with two attached hydrogens (primary N) is 2. The standard InChI is InChI=1S/C14H13FN4O/c15-9-2-1-8-3-4-19(12(8)5-9)13-6-10(14(17)20)11(16)7-18-13/h1-2,5-7H,3-4,16H2,(H2,17,20). The molecule has 0 unspecified atom stereocenters. The number of hydrogen-bond acceptors (Lipinski definition) is 4. The van der Waals surface area contributed by atoms with Crippen LogP contribution in [-0.4, -0.2) is 17.4 Å². The van der Waals surface area contributed by atoms with Gasteiger partial charge in [0.05, 0.1) is 17.4 Å². The fraction of sp³-hybridized carbons (Fsp3) is 0.143.